The Morgan fingerprint density at radius 3 is 2.79 bits per heavy atom. The second-order valence-electron chi connectivity index (χ2n) is 4.08. The Hall–Kier alpha value is -2.07. The first kappa shape index (κ1) is 12.0. The SMILES string of the molecule is Oc1ccc2ccnc(Oc3cccc(Br)c3)c2c1. The number of nitrogens with zero attached hydrogens (tertiary/aromatic N) is 1. The summed E-state index contributed by atoms with van der Waals surface area (Å²) < 4.78 is 6.71. The second-order valence-corrected chi connectivity index (χ2v) is 5.00. The molecule has 0 unspecified atom stereocenters. The molecule has 0 radical (unpaired) electrons. The van der Waals surface area contributed by atoms with Gasteiger partial charge in [-0.15, -0.1) is 0 Å². The van der Waals surface area contributed by atoms with E-state index in [0.29, 0.717) is 11.6 Å². The number of halogens is 1. The summed E-state index contributed by atoms with van der Waals surface area (Å²) in [6.07, 6.45) is 1.69. The van der Waals surface area contributed by atoms with Crippen LogP contribution < -0.4 is 4.74 Å². The van der Waals surface area contributed by atoms with Crippen molar-refractivity contribution in [2.24, 2.45) is 0 Å². The minimum atomic E-state index is 0.194. The van der Waals surface area contributed by atoms with E-state index in [1.807, 2.05) is 36.4 Å². The Labute approximate surface area is 118 Å². The van der Waals surface area contributed by atoms with Crippen molar-refractivity contribution in [3.05, 3.63) is 59.2 Å². The highest BCUT2D eigenvalue weighted by Gasteiger charge is 2.06. The molecule has 3 aromatic rings. The van der Waals surface area contributed by atoms with Crippen LogP contribution in [-0.2, 0) is 0 Å². The van der Waals surface area contributed by atoms with Crippen molar-refractivity contribution in [3.63, 3.8) is 0 Å². The van der Waals surface area contributed by atoms with Gasteiger partial charge in [-0.05, 0) is 41.8 Å². The van der Waals surface area contributed by atoms with E-state index in [0.717, 1.165) is 15.2 Å². The molecule has 0 aliphatic heterocycles. The molecule has 0 bridgehead atoms. The predicted octanol–water partition coefficient (Wildman–Crippen LogP) is 4.50. The lowest BCUT2D eigenvalue weighted by molar-refractivity contribution is 0.465. The molecule has 1 heterocycles. The molecule has 3 nitrogen and oxygen atoms in total. The number of hydrogen-bond acceptors (Lipinski definition) is 3. The molecule has 0 saturated carbocycles. The first-order chi connectivity index (χ1) is 9.22. The van der Waals surface area contributed by atoms with Gasteiger partial charge in [0.05, 0.1) is 0 Å². The molecular formula is C15H10BrNO2. The highest BCUT2D eigenvalue weighted by molar-refractivity contribution is 9.10. The molecule has 3 rings (SSSR count). The third-order valence-corrected chi connectivity index (χ3v) is 3.22. The maximum absolute atomic E-state index is 9.57. The summed E-state index contributed by atoms with van der Waals surface area (Å²) in [4.78, 5) is 4.22. The van der Waals surface area contributed by atoms with Gasteiger partial charge in [-0.3, -0.25) is 0 Å². The van der Waals surface area contributed by atoms with Crippen LogP contribution in [0.3, 0.4) is 0 Å². The second kappa shape index (κ2) is 4.90. The molecule has 0 atom stereocenters. The molecule has 19 heavy (non-hydrogen) atoms. The van der Waals surface area contributed by atoms with Gasteiger partial charge in [-0.1, -0.05) is 28.1 Å². The Bertz CT molecular complexity index is 743. The van der Waals surface area contributed by atoms with E-state index in [-0.39, 0.29) is 5.75 Å². The zero-order chi connectivity index (χ0) is 13.2. The van der Waals surface area contributed by atoms with E-state index >= 15 is 0 Å². The van der Waals surface area contributed by atoms with Gasteiger partial charge in [0, 0.05) is 16.1 Å². The van der Waals surface area contributed by atoms with Crippen molar-refractivity contribution >= 4 is 26.7 Å². The minimum absolute atomic E-state index is 0.194. The summed E-state index contributed by atoms with van der Waals surface area (Å²) in [5, 5.41) is 11.3. The molecule has 0 saturated heterocycles. The number of benzene rings is 2. The van der Waals surface area contributed by atoms with E-state index in [1.54, 1.807) is 18.3 Å². The van der Waals surface area contributed by atoms with Crippen LogP contribution in [-0.4, -0.2) is 10.1 Å². The number of phenols is 1. The van der Waals surface area contributed by atoms with Crippen molar-refractivity contribution in [1.82, 2.24) is 4.98 Å². The van der Waals surface area contributed by atoms with Crippen LogP contribution in [0.5, 0.6) is 17.4 Å². The van der Waals surface area contributed by atoms with Gasteiger partial charge in [0.15, 0.2) is 0 Å². The van der Waals surface area contributed by atoms with Crippen molar-refractivity contribution in [3.8, 4) is 17.4 Å². The van der Waals surface area contributed by atoms with Gasteiger partial charge in [-0.25, -0.2) is 4.98 Å². The van der Waals surface area contributed by atoms with Crippen molar-refractivity contribution in [2.75, 3.05) is 0 Å². The topological polar surface area (TPSA) is 42.4 Å². The zero-order valence-electron chi connectivity index (χ0n) is 9.88. The molecule has 0 fully saturated rings. The number of phenolic OH excluding ortho intramolecular Hbond substituents is 1. The normalized spacial score (nSPS) is 10.6. The fourth-order valence-electron chi connectivity index (χ4n) is 1.85. The number of aromatic nitrogens is 1. The van der Waals surface area contributed by atoms with E-state index < -0.39 is 0 Å². The van der Waals surface area contributed by atoms with Crippen LogP contribution in [0.2, 0.25) is 0 Å². The van der Waals surface area contributed by atoms with Gasteiger partial charge in [0.1, 0.15) is 11.5 Å². The highest BCUT2D eigenvalue weighted by atomic mass is 79.9. The van der Waals surface area contributed by atoms with Crippen LogP contribution in [0.1, 0.15) is 0 Å². The lowest BCUT2D eigenvalue weighted by Crippen LogP contribution is -1.89. The average molecular weight is 316 g/mol. The summed E-state index contributed by atoms with van der Waals surface area (Å²) in [6, 6.07) is 14.5. The Balaban J connectivity index is 2.07. The van der Waals surface area contributed by atoms with Crippen LogP contribution in [0.25, 0.3) is 10.8 Å². The summed E-state index contributed by atoms with van der Waals surface area (Å²) in [6.45, 7) is 0. The molecule has 94 valence electrons. The molecular weight excluding hydrogens is 306 g/mol. The number of aromatic hydroxyl groups is 1. The Morgan fingerprint density at radius 2 is 1.95 bits per heavy atom. The Kier molecular flexibility index (Phi) is 3.09. The molecule has 0 aliphatic carbocycles. The van der Waals surface area contributed by atoms with Gasteiger partial charge in [-0.2, -0.15) is 0 Å². The molecule has 0 aliphatic rings. The summed E-state index contributed by atoms with van der Waals surface area (Å²) in [5.74, 6) is 1.36. The van der Waals surface area contributed by atoms with Crippen molar-refractivity contribution in [2.45, 2.75) is 0 Å². The molecule has 0 amide bonds. The van der Waals surface area contributed by atoms with E-state index in [9.17, 15) is 5.11 Å². The predicted molar refractivity (Wildman–Crippen MR) is 77.6 cm³/mol. The standard InChI is InChI=1S/C15H10BrNO2/c16-11-2-1-3-13(8-11)19-15-14-9-12(18)5-4-10(14)6-7-17-15/h1-9,18H. The van der Waals surface area contributed by atoms with Crippen molar-refractivity contribution < 1.29 is 9.84 Å². The highest BCUT2D eigenvalue weighted by Crippen LogP contribution is 2.30. The fraction of sp³-hybridized carbons (Fsp3) is 0. The minimum Gasteiger partial charge on any atom is -0.508 e. The van der Waals surface area contributed by atoms with Gasteiger partial charge in [0.25, 0.3) is 0 Å². The molecule has 2 aromatic carbocycles. The van der Waals surface area contributed by atoms with Crippen LogP contribution in [0.15, 0.2) is 59.2 Å². The quantitative estimate of drug-likeness (QED) is 0.757. The first-order valence-corrected chi connectivity index (χ1v) is 6.53. The monoisotopic (exact) mass is 315 g/mol. The Morgan fingerprint density at radius 1 is 1.05 bits per heavy atom. The fourth-order valence-corrected chi connectivity index (χ4v) is 2.23. The van der Waals surface area contributed by atoms with Gasteiger partial charge in [0.2, 0.25) is 5.88 Å². The number of rotatable bonds is 2. The molecule has 0 spiro atoms. The van der Waals surface area contributed by atoms with Crippen molar-refractivity contribution in [1.29, 1.82) is 0 Å². The van der Waals surface area contributed by atoms with Crippen LogP contribution in [0.4, 0.5) is 0 Å². The van der Waals surface area contributed by atoms with E-state index in [4.69, 9.17) is 4.74 Å². The summed E-state index contributed by atoms with van der Waals surface area (Å²) in [5.41, 5.74) is 0. The van der Waals surface area contributed by atoms with Gasteiger partial charge < -0.3 is 9.84 Å². The van der Waals surface area contributed by atoms with Crippen LogP contribution in [0, 0.1) is 0 Å². The van der Waals surface area contributed by atoms with Crippen LogP contribution >= 0.6 is 15.9 Å². The van der Waals surface area contributed by atoms with E-state index in [2.05, 4.69) is 20.9 Å². The molecule has 1 aromatic heterocycles. The first-order valence-electron chi connectivity index (χ1n) is 5.73. The third-order valence-electron chi connectivity index (χ3n) is 2.72. The maximum atomic E-state index is 9.57. The summed E-state index contributed by atoms with van der Waals surface area (Å²) >= 11 is 3.40. The zero-order valence-corrected chi connectivity index (χ0v) is 11.5. The smallest absolute Gasteiger partial charge is 0.227 e. The van der Waals surface area contributed by atoms with Gasteiger partial charge >= 0.3 is 0 Å². The number of pyridine rings is 1. The largest absolute Gasteiger partial charge is 0.508 e. The molecule has 4 heteroatoms. The number of hydrogen-bond donors (Lipinski definition) is 1. The number of fused-ring (bicyclic) bond motifs is 1. The van der Waals surface area contributed by atoms with E-state index in [1.165, 1.54) is 0 Å². The lowest BCUT2D eigenvalue weighted by atomic mass is 10.1. The summed E-state index contributed by atoms with van der Waals surface area (Å²) in [7, 11) is 0. The lowest BCUT2D eigenvalue weighted by Gasteiger charge is -2.08. The number of ether oxygens (including phenoxy) is 1. The maximum Gasteiger partial charge on any atom is 0.227 e. The molecule has 1 N–H and O–H groups in total. The third kappa shape index (κ3) is 2.53. The average Bonchev–Trinajstić information content (AvgIpc) is 2.39.